The minimum atomic E-state index is 0.454. The van der Waals surface area contributed by atoms with Gasteiger partial charge in [-0.1, -0.05) is 32.0 Å². The van der Waals surface area contributed by atoms with Gasteiger partial charge in [0.05, 0.1) is 13.2 Å². The topological polar surface area (TPSA) is 18.5 Å². The smallest absolute Gasteiger partial charge is 0.119 e. The van der Waals surface area contributed by atoms with E-state index < -0.39 is 0 Å². The lowest BCUT2D eigenvalue weighted by Crippen LogP contribution is -2.22. The van der Waals surface area contributed by atoms with Gasteiger partial charge >= 0.3 is 0 Å². The summed E-state index contributed by atoms with van der Waals surface area (Å²) in [5.41, 5.74) is 0. The number of rotatable bonds is 6. The van der Waals surface area contributed by atoms with Crippen LogP contribution in [0.1, 0.15) is 13.8 Å². The second kappa shape index (κ2) is 6.46. The third-order valence-corrected chi connectivity index (χ3v) is 2.53. The van der Waals surface area contributed by atoms with Gasteiger partial charge in [0, 0.05) is 13.0 Å². The van der Waals surface area contributed by atoms with Gasteiger partial charge < -0.3 is 9.47 Å². The highest BCUT2D eigenvalue weighted by Gasteiger charge is 2.13. The van der Waals surface area contributed by atoms with Crippen LogP contribution in [-0.4, -0.2) is 20.3 Å². The van der Waals surface area contributed by atoms with E-state index in [4.69, 9.17) is 9.47 Å². The minimum Gasteiger partial charge on any atom is -0.493 e. The summed E-state index contributed by atoms with van der Waals surface area (Å²) >= 11 is 0. The molecule has 84 valence electrons. The molecular weight excluding hydrogens is 188 g/mol. The largest absolute Gasteiger partial charge is 0.493 e. The first-order valence-electron chi connectivity index (χ1n) is 5.40. The highest BCUT2D eigenvalue weighted by molar-refractivity contribution is 5.20. The predicted octanol–water partition coefficient (Wildman–Crippen LogP) is 2.98. The summed E-state index contributed by atoms with van der Waals surface area (Å²) in [4.78, 5) is 0. The molecule has 1 aromatic carbocycles. The zero-order valence-corrected chi connectivity index (χ0v) is 9.77. The van der Waals surface area contributed by atoms with E-state index in [-0.39, 0.29) is 0 Å². The molecule has 0 heterocycles. The van der Waals surface area contributed by atoms with E-state index in [1.165, 1.54) is 0 Å². The summed E-state index contributed by atoms with van der Waals surface area (Å²) in [7, 11) is 1.73. The molecule has 0 radical (unpaired) electrons. The molecule has 1 aromatic rings. The molecular formula is C13H20O2. The monoisotopic (exact) mass is 208 g/mol. The molecule has 1 atom stereocenters. The molecule has 0 aromatic heterocycles. The number of benzene rings is 1. The van der Waals surface area contributed by atoms with Crippen molar-refractivity contribution < 1.29 is 9.47 Å². The Morgan fingerprint density at radius 2 is 1.73 bits per heavy atom. The molecule has 0 N–H and O–H groups in total. The molecule has 0 saturated carbocycles. The van der Waals surface area contributed by atoms with Crippen LogP contribution in [0.3, 0.4) is 0 Å². The third kappa shape index (κ3) is 4.34. The Bertz CT molecular complexity index is 256. The van der Waals surface area contributed by atoms with Crippen molar-refractivity contribution in [2.24, 2.45) is 11.8 Å². The van der Waals surface area contributed by atoms with Gasteiger partial charge in [0.2, 0.25) is 0 Å². The van der Waals surface area contributed by atoms with Gasteiger partial charge in [0.25, 0.3) is 0 Å². The molecule has 2 nitrogen and oxygen atoms in total. The minimum absolute atomic E-state index is 0.454. The quantitative estimate of drug-likeness (QED) is 0.715. The van der Waals surface area contributed by atoms with Crippen molar-refractivity contribution in [3.05, 3.63) is 30.3 Å². The molecule has 0 amide bonds. The average molecular weight is 208 g/mol. The van der Waals surface area contributed by atoms with E-state index in [0.717, 1.165) is 19.0 Å². The molecule has 15 heavy (non-hydrogen) atoms. The van der Waals surface area contributed by atoms with Crippen molar-refractivity contribution in [1.82, 2.24) is 0 Å². The molecule has 0 fully saturated rings. The zero-order chi connectivity index (χ0) is 11.1. The fourth-order valence-corrected chi connectivity index (χ4v) is 1.37. The standard InChI is InChI=1S/C13H20O2/c1-11(2)12(9-14-3)10-15-13-7-5-4-6-8-13/h4-8,11-12H,9-10H2,1-3H3. The fourth-order valence-electron chi connectivity index (χ4n) is 1.37. The predicted molar refractivity (Wildman–Crippen MR) is 62.1 cm³/mol. The maximum Gasteiger partial charge on any atom is 0.119 e. The lowest BCUT2D eigenvalue weighted by molar-refractivity contribution is 0.0931. The molecule has 0 spiro atoms. The lowest BCUT2D eigenvalue weighted by Gasteiger charge is -2.20. The van der Waals surface area contributed by atoms with E-state index in [1.807, 2.05) is 30.3 Å². The first-order valence-corrected chi connectivity index (χ1v) is 5.40. The van der Waals surface area contributed by atoms with Crippen LogP contribution in [-0.2, 0) is 4.74 Å². The van der Waals surface area contributed by atoms with Crippen LogP contribution in [0, 0.1) is 11.8 Å². The van der Waals surface area contributed by atoms with Gasteiger partial charge in [-0.15, -0.1) is 0 Å². The van der Waals surface area contributed by atoms with Crippen molar-refractivity contribution in [3.63, 3.8) is 0 Å². The van der Waals surface area contributed by atoms with Crippen LogP contribution in [0.5, 0.6) is 5.75 Å². The summed E-state index contributed by atoms with van der Waals surface area (Å²) in [5, 5.41) is 0. The van der Waals surface area contributed by atoms with E-state index in [9.17, 15) is 0 Å². The molecule has 2 heteroatoms. The van der Waals surface area contributed by atoms with Crippen LogP contribution in [0.4, 0.5) is 0 Å². The van der Waals surface area contributed by atoms with Gasteiger partial charge in [0.1, 0.15) is 5.75 Å². The van der Waals surface area contributed by atoms with Gasteiger partial charge in [-0.2, -0.15) is 0 Å². The third-order valence-electron chi connectivity index (χ3n) is 2.53. The number of ether oxygens (including phenoxy) is 2. The molecule has 0 aliphatic heterocycles. The van der Waals surface area contributed by atoms with Gasteiger partial charge in [-0.05, 0) is 18.1 Å². The van der Waals surface area contributed by atoms with Crippen molar-refractivity contribution in [2.75, 3.05) is 20.3 Å². The molecule has 0 aliphatic carbocycles. The highest BCUT2D eigenvalue weighted by Crippen LogP contribution is 2.15. The van der Waals surface area contributed by atoms with Gasteiger partial charge in [-0.3, -0.25) is 0 Å². The average Bonchev–Trinajstić information content (AvgIpc) is 2.25. The molecule has 1 rings (SSSR count). The van der Waals surface area contributed by atoms with E-state index in [2.05, 4.69) is 13.8 Å². The van der Waals surface area contributed by atoms with Crippen molar-refractivity contribution in [3.8, 4) is 5.75 Å². The van der Waals surface area contributed by atoms with Crippen LogP contribution >= 0.6 is 0 Å². The van der Waals surface area contributed by atoms with Gasteiger partial charge in [-0.25, -0.2) is 0 Å². The van der Waals surface area contributed by atoms with E-state index in [1.54, 1.807) is 7.11 Å². The Balaban J connectivity index is 2.40. The Hall–Kier alpha value is -1.02. The Morgan fingerprint density at radius 1 is 1.07 bits per heavy atom. The first kappa shape index (κ1) is 12.1. The summed E-state index contributed by atoms with van der Waals surface area (Å²) in [6.45, 7) is 5.86. The normalized spacial score (nSPS) is 12.8. The Kier molecular flexibility index (Phi) is 5.19. The second-order valence-corrected chi connectivity index (χ2v) is 4.08. The van der Waals surface area contributed by atoms with Crippen LogP contribution < -0.4 is 4.74 Å². The lowest BCUT2D eigenvalue weighted by atomic mass is 9.98. The van der Waals surface area contributed by atoms with Gasteiger partial charge in [0.15, 0.2) is 0 Å². The first-order chi connectivity index (χ1) is 7.24. The highest BCUT2D eigenvalue weighted by atomic mass is 16.5. The number of methoxy groups -OCH3 is 1. The van der Waals surface area contributed by atoms with Crippen LogP contribution in [0.2, 0.25) is 0 Å². The molecule has 0 bridgehead atoms. The van der Waals surface area contributed by atoms with E-state index in [0.29, 0.717) is 11.8 Å². The zero-order valence-electron chi connectivity index (χ0n) is 9.77. The Morgan fingerprint density at radius 3 is 2.27 bits per heavy atom. The number of hydrogen-bond acceptors (Lipinski definition) is 2. The van der Waals surface area contributed by atoms with E-state index >= 15 is 0 Å². The van der Waals surface area contributed by atoms with Crippen LogP contribution in [0.15, 0.2) is 30.3 Å². The summed E-state index contributed by atoms with van der Waals surface area (Å²) < 4.78 is 10.9. The van der Waals surface area contributed by atoms with Crippen molar-refractivity contribution in [1.29, 1.82) is 0 Å². The molecule has 0 aliphatic rings. The maximum atomic E-state index is 5.70. The number of hydrogen-bond donors (Lipinski definition) is 0. The van der Waals surface area contributed by atoms with Crippen LogP contribution in [0.25, 0.3) is 0 Å². The SMILES string of the molecule is COCC(COc1ccccc1)C(C)C. The van der Waals surface area contributed by atoms with Crippen molar-refractivity contribution in [2.45, 2.75) is 13.8 Å². The summed E-state index contributed by atoms with van der Waals surface area (Å²) in [6, 6.07) is 9.91. The fraction of sp³-hybridized carbons (Fsp3) is 0.538. The maximum absolute atomic E-state index is 5.70. The second-order valence-electron chi connectivity index (χ2n) is 4.08. The molecule has 1 unspecified atom stereocenters. The van der Waals surface area contributed by atoms with Crippen molar-refractivity contribution >= 4 is 0 Å². The summed E-state index contributed by atoms with van der Waals surface area (Å²) in [5.74, 6) is 1.96. The summed E-state index contributed by atoms with van der Waals surface area (Å²) in [6.07, 6.45) is 0. The number of para-hydroxylation sites is 1. The molecule has 0 saturated heterocycles. The Labute approximate surface area is 92.2 Å².